The van der Waals surface area contributed by atoms with Crippen molar-refractivity contribution in [1.82, 2.24) is 4.31 Å². The van der Waals surface area contributed by atoms with Gasteiger partial charge in [-0.1, -0.05) is 13.8 Å². The molecule has 0 aromatic carbocycles. The zero-order valence-corrected chi connectivity index (χ0v) is 16.1. The van der Waals surface area contributed by atoms with Crippen LogP contribution in [0.5, 0.6) is 0 Å². The number of sulfonamides is 1. The molecule has 2 aliphatic rings. The molecule has 0 radical (unpaired) electrons. The average Bonchev–Trinajstić information content (AvgIpc) is 3.21. The first-order valence-electron chi connectivity index (χ1n) is 8.76. The van der Waals surface area contributed by atoms with Crippen molar-refractivity contribution in [2.45, 2.75) is 83.6 Å². The Kier molecular flexibility index (Phi) is 5.33. The number of ether oxygens (including phenoxy) is 1. The number of carbonyl (C=O) groups is 2. The Morgan fingerprint density at radius 1 is 1.17 bits per heavy atom. The second kappa shape index (κ2) is 6.65. The molecule has 2 fully saturated rings. The number of hydrogen-bond acceptors (Lipinski definition) is 5. The van der Waals surface area contributed by atoms with Crippen molar-refractivity contribution in [3.63, 3.8) is 0 Å². The third-order valence-corrected chi connectivity index (χ3v) is 7.05. The molecular formula is C17H29NO5S. The van der Waals surface area contributed by atoms with Gasteiger partial charge in [-0.25, -0.2) is 17.5 Å². The smallest absolute Gasteiger partial charge is 0.424 e. The van der Waals surface area contributed by atoms with Gasteiger partial charge in [0.2, 0.25) is 10.0 Å². The minimum Gasteiger partial charge on any atom is -0.443 e. The lowest BCUT2D eigenvalue weighted by Gasteiger charge is -2.31. The van der Waals surface area contributed by atoms with E-state index in [4.69, 9.17) is 4.74 Å². The summed E-state index contributed by atoms with van der Waals surface area (Å²) in [4.78, 5) is 24.7. The molecule has 0 spiro atoms. The maximum Gasteiger partial charge on any atom is 0.424 e. The first-order valence-corrected chi connectivity index (χ1v) is 10.3. The molecule has 6 nitrogen and oxygen atoms in total. The number of hydrogen-bond donors (Lipinski definition) is 0. The van der Waals surface area contributed by atoms with Crippen LogP contribution in [0.25, 0.3) is 0 Å². The Bertz CT molecular complexity index is 603. The summed E-state index contributed by atoms with van der Waals surface area (Å²) in [5, 5.41) is -0.485. The molecule has 0 unspecified atom stereocenters. The second-order valence-electron chi connectivity index (χ2n) is 8.05. The Labute approximate surface area is 145 Å². The van der Waals surface area contributed by atoms with Gasteiger partial charge >= 0.3 is 6.09 Å². The van der Waals surface area contributed by atoms with Crippen LogP contribution in [0.2, 0.25) is 0 Å². The van der Waals surface area contributed by atoms with Crippen LogP contribution in [0.3, 0.4) is 0 Å². The Morgan fingerprint density at radius 3 is 2.21 bits per heavy atom. The first-order chi connectivity index (χ1) is 11.0. The van der Waals surface area contributed by atoms with Crippen LogP contribution in [0.1, 0.15) is 66.7 Å². The van der Waals surface area contributed by atoms with E-state index < -0.39 is 33.0 Å². The molecule has 138 valence electrons. The summed E-state index contributed by atoms with van der Waals surface area (Å²) in [5.41, 5.74) is -0.767. The van der Waals surface area contributed by atoms with Gasteiger partial charge in [0.15, 0.2) is 0 Å². The summed E-state index contributed by atoms with van der Waals surface area (Å²) in [7, 11) is -3.71. The lowest BCUT2D eigenvalue weighted by Crippen LogP contribution is -2.47. The van der Waals surface area contributed by atoms with Crippen LogP contribution < -0.4 is 0 Å². The van der Waals surface area contributed by atoms with Gasteiger partial charge in [0.25, 0.3) is 0 Å². The second-order valence-corrected chi connectivity index (χ2v) is 10.1. The van der Waals surface area contributed by atoms with Crippen LogP contribution in [0, 0.1) is 11.8 Å². The Balaban J connectivity index is 2.27. The van der Waals surface area contributed by atoms with Gasteiger partial charge in [0.05, 0.1) is 11.3 Å². The molecule has 0 bridgehead atoms. The van der Waals surface area contributed by atoms with Crippen LogP contribution >= 0.6 is 0 Å². The fraction of sp³-hybridized carbons (Fsp3) is 0.882. The third kappa shape index (κ3) is 4.10. The van der Waals surface area contributed by atoms with Gasteiger partial charge in [-0.15, -0.1) is 0 Å². The van der Waals surface area contributed by atoms with Crippen LogP contribution in [0.4, 0.5) is 4.79 Å². The summed E-state index contributed by atoms with van der Waals surface area (Å²) in [6.07, 6.45) is 1.71. The van der Waals surface area contributed by atoms with E-state index in [1.165, 1.54) is 0 Å². The van der Waals surface area contributed by atoms with Crippen LogP contribution in [-0.4, -0.2) is 41.5 Å². The maximum absolute atomic E-state index is 12.8. The Morgan fingerprint density at radius 2 is 1.75 bits per heavy atom. The lowest BCUT2D eigenvalue weighted by molar-refractivity contribution is -0.123. The predicted octanol–water partition coefficient (Wildman–Crippen LogP) is 3.11. The van der Waals surface area contributed by atoms with Crippen LogP contribution in [0.15, 0.2) is 0 Å². The number of ketones is 1. The van der Waals surface area contributed by atoms with E-state index in [-0.39, 0.29) is 17.6 Å². The third-order valence-electron chi connectivity index (χ3n) is 4.74. The van der Waals surface area contributed by atoms with Crippen molar-refractivity contribution in [3.05, 3.63) is 0 Å². The molecule has 24 heavy (non-hydrogen) atoms. The molecule has 1 amide bonds. The highest BCUT2D eigenvalue weighted by molar-refractivity contribution is 7.90. The molecule has 2 rings (SSSR count). The van der Waals surface area contributed by atoms with Gasteiger partial charge in [0.1, 0.15) is 11.4 Å². The van der Waals surface area contributed by atoms with E-state index in [1.807, 2.05) is 13.8 Å². The molecule has 0 aromatic rings. The van der Waals surface area contributed by atoms with E-state index in [0.29, 0.717) is 32.1 Å². The molecule has 2 aliphatic carbocycles. The summed E-state index contributed by atoms with van der Waals surface area (Å²) in [6.45, 7) is 8.92. The van der Waals surface area contributed by atoms with Crippen molar-refractivity contribution in [2.75, 3.05) is 0 Å². The number of amides is 1. The molecule has 7 heteroatoms. The standard InChI is InChI=1S/C17H29NO5S/c1-6-15(19)14-10-12(9-11(14)2)18(16(20)23-17(3,4)5)24(21,22)13-7-8-13/h11-14H,6-10H2,1-5H3/t11-,12+,14+/m1/s1. The predicted molar refractivity (Wildman–Crippen MR) is 91.0 cm³/mol. The first kappa shape index (κ1) is 19.2. The van der Waals surface area contributed by atoms with Crippen molar-refractivity contribution < 1.29 is 22.7 Å². The van der Waals surface area contributed by atoms with Crippen molar-refractivity contribution in [2.24, 2.45) is 11.8 Å². The topological polar surface area (TPSA) is 80.8 Å². The summed E-state index contributed by atoms with van der Waals surface area (Å²) in [6, 6.07) is -0.485. The molecule has 0 saturated heterocycles. The fourth-order valence-corrected chi connectivity index (χ4v) is 5.30. The van der Waals surface area contributed by atoms with Gasteiger partial charge in [-0.3, -0.25) is 4.79 Å². The highest BCUT2D eigenvalue weighted by Crippen LogP contribution is 2.40. The summed E-state index contributed by atoms with van der Waals surface area (Å²) in [5.74, 6) is 0.0269. The molecule has 0 heterocycles. The molecule has 0 N–H and O–H groups in total. The van der Waals surface area contributed by atoms with E-state index >= 15 is 0 Å². The van der Waals surface area contributed by atoms with E-state index in [2.05, 4.69) is 0 Å². The number of rotatable bonds is 5. The van der Waals surface area contributed by atoms with Crippen LogP contribution in [-0.2, 0) is 19.6 Å². The minimum atomic E-state index is -3.71. The highest BCUT2D eigenvalue weighted by Gasteiger charge is 2.50. The molecular weight excluding hydrogens is 330 g/mol. The van der Waals surface area contributed by atoms with E-state index in [0.717, 1.165) is 4.31 Å². The zero-order valence-electron chi connectivity index (χ0n) is 15.2. The zero-order chi connectivity index (χ0) is 18.3. The van der Waals surface area contributed by atoms with Gasteiger partial charge in [-0.2, -0.15) is 0 Å². The quantitative estimate of drug-likeness (QED) is 0.753. The van der Waals surface area contributed by atoms with Gasteiger partial charge in [-0.05, 0) is 52.4 Å². The number of Topliss-reactive ketones (excluding diaryl/α,β-unsaturated/α-hetero) is 1. The SMILES string of the molecule is CCC(=O)[C@H]1C[C@@H](N(C(=O)OC(C)(C)C)S(=O)(=O)C2CC2)C[C@H]1C. The molecule has 0 aliphatic heterocycles. The fourth-order valence-electron chi connectivity index (χ4n) is 3.41. The minimum absolute atomic E-state index is 0.0711. The monoisotopic (exact) mass is 359 g/mol. The number of nitrogens with zero attached hydrogens (tertiary/aromatic N) is 1. The molecule has 0 aromatic heterocycles. The van der Waals surface area contributed by atoms with Gasteiger partial charge < -0.3 is 4.74 Å². The molecule has 2 saturated carbocycles. The summed E-state index contributed by atoms with van der Waals surface area (Å²) < 4.78 is 31.9. The Hall–Kier alpha value is -1.11. The van der Waals surface area contributed by atoms with Crippen molar-refractivity contribution in [1.29, 1.82) is 0 Å². The summed E-state index contributed by atoms with van der Waals surface area (Å²) >= 11 is 0. The van der Waals surface area contributed by atoms with Crippen molar-refractivity contribution in [3.8, 4) is 0 Å². The molecule has 3 atom stereocenters. The lowest BCUT2D eigenvalue weighted by atomic mass is 9.92. The largest absolute Gasteiger partial charge is 0.443 e. The number of carbonyl (C=O) groups excluding carboxylic acids is 2. The normalized spacial score (nSPS) is 27.8. The van der Waals surface area contributed by atoms with Gasteiger partial charge in [0, 0.05) is 12.3 Å². The van der Waals surface area contributed by atoms with E-state index in [9.17, 15) is 18.0 Å². The van der Waals surface area contributed by atoms with Crippen molar-refractivity contribution >= 4 is 21.9 Å². The maximum atomic E-state index is 12.8. The highest BCUT2D eigenvalue weighted by atomic mass is 32.2. The average molecular weight is 359 g/mol. The van der Waals surface area contributed by atoms with E-state index in [1.54, 1.807) is 20.8 Å².